The molecule has 0 unspecified atom stereocenters. The summed E-state index contributed by atoms with van der Waals surface area (Å²) in [6.07, 6.45) is 0.784. The first-order valence-corrected chi connectivity index (χ1v) is 5.51. The highest BCUT2D eigenvalue weighted by atomic mass is 35.5. The van der Waals surface area contributed by atoms with Crippen LogP contribution in [-0.4, -0.2) is 6.29 Å². The van der Waals surface area contributed by atoms with Crippen LogP contribution in [0.2, 0.25) is 5.02 Å². The number of hydrogen-bond donors (Lipinski definition) is 0. The first-order valence-electron chi connectivity index (χ1n) is 5.13. The molecule has 0 N–H and O–H groups in total. The van der Waals surface area contributed by atoms with Crippen molar-refractivity contribution in [3.63, 3.8) is 0 Å². The summed E-state index contributed by atoms with van der Waals surface area (Å²) in [5, 5.41) is 0.465. The van der Waals surface area contributed by atoms with Crippen LogP contribution < -0.4 is 0 Å². The zero-order chi connectivity index (χ0) is 12.4. The van der Waals surface area contributed by atoms with Crippen molar-refractivity contribution in [1.29, 1.82) is 0 Å². The molecule has 0 saturated heterocycles. The molecule has 0 bridgehead atoms. The van der Waals surface area contributed by atoms with Gasteiger partial charge in [0.05, 0.1) is 0 Å². The van der Waals surface area contributed by atoms with Crippen molar-refractivity contribution in [2.45, 2.75) is 6.92 Å². The lowest BCUT2D eigenvalue weighted by Crippen LogP contribution is -1.89. The Kier molecular flexibility index (Phi) is 3.25. The van der Waals surface area contributed by atoms with Crippen LogP contribution in [0.1, 0.15) is 15.9 Å². The van der Waals surface area contributed by atoms with E-state index >= 15 is 0 Å². The van der Waals surface area contributed by atoms with Crippen LogP contribution in [0.5, 0.6) is 0 Å². The van der Waals surface area contributed by atoms with E-state index in [-0.39, 0.29) is 5.82 Å². The highest BCUT2D eigenvalue weighted by molar-refractivity contribution is 6.33. The minimum absolute atomic E-state index is 0.349. The first-order chi connectivity index (χ1) is 8.11. The molecule has 2 aromatic rings. The van der Waals surface area contributed by atoms with Gasteiger partial charge in [-0.1, -0.05) is 23.7 Å². The number of carbonyl (C=O) groups is 1. The van der Waals surface area contributed by atoms with Crippen LogP contribution in [-0.2, 0) is 0 Å². The third-order valence-corrected chi connectivity index (χ3v) is 2.98. The third-order valence-electron chi connectivity index (χ3n) is 2.65. The molecule has 2 aromatic carbocycles. The zero-order valence-electron chi connectivity index (χ0n) is 9.21. The van der Waals surface area contributed by atoms with Crippen LogP contribution in [0.4, 0.5) is 4.39 Å². The Balaban J connectivity index is 2.60. The molecular weight excluding hydrogens is 239 g/mol. The van der Waals surface area contributed by atoms with E-state index in [1.54, 1.807) is 6.07 Å². The van der Waals surface area contributed by atoms with E-state index in [4.69, 9.17) is 11.6 Å². The molecule has 0 spiro atoms. The lowest BCUT2D eigenvalue weighted by Gasteiger charge is -2.07. The second-order valence-electron chi connectivity index (χ2n) is 3.81. The molecule has 0 aliphatic rings. The van der Waals surface area contributed by atoms with E-state index < -0.39 is 0 Å². The molecule has 86 valence electrons. The van der Waals surface area contributed by atoms with Crippen molar-refractivity contribution in [1.82, 2.24) is 0 Å². The van der Waals surface area contributed by atoms with Crippen molar-refractivity contribution in [2.75, 3.05) is 0 Å². The average molecular weight is 249 g/mol. The van der Waals surface area contributed by atoms with Gasteiger partial charge in [0.1, 0.15) is 12.1 Å². The number of hydrogen-bond acceptors (Lipinski definition) is 1. The largest absolute Gasteiger partial charge is 0.298 e. The Bertz CT molecular complexity index is 578. The smallest absolute Gasteiger partial charge is 0.150 e. The Morgan fingerprint density at radius 2 is 1.94 bits per heavy atom. The summed E-state index contributed by atoms with van der Waals surface area (Å²) in [7, 11) is 0. The summed E-state index contributed by atoms with van der Waals surface area (Å²) < 4.78 is 13.2. The number of aldehydes is 1. The number of rotatable bonds is 2. The third kappa shape index (κ3) is 2.37. The van der Waals surface area contributed by atoms with Crippen molar-refractivity contribution >= 4 is 17.9 Å². The lowest BCUT2D eigenvalue weighted by atomic mass is 10.0. The van der Waals surface area contributed by atoms with Crippen LogP contribution in [0.15, 0.2) is 36.4 Å². The number of halogens is 2. The molecule has 0 amide bonds. The quantitative estimate of drug-likeness (QED) is 0.726. The maximum Gasteiger partial charge on any atom is 0.150 e. The Morgan fingerprint density at radius 3 is 2.65 bits per heavy atom. The summed E-state index contributed by atoms with van der Waals surface area (Å²) in [6.45, 7) is 1.85. The summed E-state index contributed by atoms with van der Waals surface area (Å²) >= 11 is 6.01. The van der Waals surface area contributed by atoms with Crippen molar-refractivity contribution in [3.05, 3.63) is 58.4 Å². The molecule has 17 heavy (non-hydrogen) atoms. The van der Waals surface area contributed by atoms with Crippen LogP contribution >= 0.6 is 11.6 Å². The number of aryl methyl sites for hydroxylation is 1. The average Bonchev–Trinajstić information content (AvgIpc) is 2.33. The van der Waals surface area contributed by atoms with Gasteiger partial charge < -0.3 is 0 Å². The van der Waals surface area contributed by atoms with Crippen molar-refractivity contribution in [2.24, 2.45) is 0 Å². The maximum atomic E-state index is 13.2. The van der Waals surface area contributed by atoms with Crippen LogP contribution in [0, 0.1) is 12.7 Å². The number of carbonyl (C=O) groups excluding carboxylic acids is 1. The van der Waals surface area contributed by atoms with Crippen molar-refractivity contribution in [3.8, 4) is 11.1 Å². The molecule has 1 nitrogen and oxygen atoms in total. The highest BCUT2D eigenvalue weighted by Crippen LogP contribution is 2.29. The summed E-state index contributed by atoms with van der Waals surface area (Å²) in [4.78, 5) is 10.9. The van der Waals surface area contributed by atoms with Gasteiger partial charge in [-0.05, 0) is 42.3 Å². The normalized spacial score (nSPS) is 10.3. The molecule has 0 aliphatic carbocycles. The van der Waals surface area contributed by atoms with Gasteiger partial charge in [-0.15, -0.1) is 0 Å². The molecule has 2 rings (SSSR count). The van der Waals surface area contributed by atoms with Crippen LogP contribution in [0.25, 0.3) is 11.1 Å². The van der Waals surface area contributed by atoms with E-state index in [0.717, 1.165) is 17.4 Å². The van der Waals surface area contributed by atoms with Gasteiger partial charge in [0, 0.05) is 16.1 Å². The van der Waals surface area contributed by atoms with Gasteiger partial charge in [0.2, 0.25) is 0 Å². The Labute approximate surface area is 104 Å². The summed E-state index contributed by atoms with van der Waals surface area (Å²) in [5.41, 5.74) is 2.80. The van der Waals surface area contributed by atoms with Gasteiger partial charge >= 0.3 is 0 Å². The maximum absolute atomic E-state index is 13.2. The van der Waals surface area contributed by atoms with Gasteiger partial charge in [-0.2, -0.15) is 0 Å². The van der Waals surface area contributed by atoms with E-state index in [0.29, 0.717) is 16.1 Å². The zero-order valence-corrected chi connectivity index (χ0v) is 9.96. The lowest BCUT2D eigenvalue weighted by molar-refractivity contribution is 0.112. The molecule has 0 aromatic heterocycles. The standard InChI is InChI=1S/C14H10ClFO/c1-9-2-3-10(6-11(9)8-17)13-7-12(16)4-5-14(13)15/h2-8H,1H3. The molecule has 0 heterocycles. The Hall–Kier alpha value is -1.67. The second kappa shape index (κ2) is 4.68. The highest BCUT2D eigenvalue weighted by Gasteiger charge is 2.07. The summed E-state index contributed by atoms with van der Waals surface area (Å²) in [5.74, 6) is -0.349. The fourth-order valence-corrected chi connectivity index (χ4v) is 1.88. The van der Waals surface area contributed by atoms with E-state index in [1.807, 2.05) is 19.1 Å². The number of benzene rings is 2. The van der Waals surface area contributed by atoms with E-state index in [1.165, 1.54) is 18.2 Å². The minimum Gasteiger partial charge on any atom is -0.298 e. The van der Waals surface area contributed by atoms with E-state index in [9.17, 15) is 9.18 Å². The van der Waals surface area contributed by atoms with Crippen molar-refractivity contribution < 1.29 is 9.18 Å². The van der Waals surface area contributed by atoms with Gasteiger partial charge in [0.15, 0.2) is 0 Å². The molecule has 0 atom stereocenters. The summed E-state index contributed by atoms with van der Waals surface area (Å²) in [6, 6.07) is 9.53. The topological polar surface area (TPSA) is 17.1 Å². The van der Waals surface area contributed by atoms with Gasteiger partial charge in [-0.3, -0.25) is 4.79 Å². The van der Waals surface area contributed by atoms with Gasteiger partial charge in [0.25, 0.3) is 0 Å². The molecule has 3 heteroatoms. The fraction of sp³-hybridized carbons (Fsp3) is 0.0714. The van der Waals surface area contributed by atoms with E-state index in [2.05, 4.69) is 0 Å². The van der Waals surface area contributed by atoms with Crippen LogP contribution in [0.3, 0.4) is 0 Å². The monoisotopic (exact) mass is 248 g/mol. The molecule has 0 radical (unpaired) electrons. The first kappa shape index (κ1) is 11.8. The molecule has 0 fully saturated rings. The molecular formula is C14H10ClFO. The Morgan fingerprint density at radius 1 is 1.18 bits per heavy atom. The SMILES string of the molecule is Cc1ccc(-c2cc(F)ccc2Cl)cc1C=O. The predicted octanol–water partition coefficient (Wildman–Crippen LogP) is 4.27. The van der Waals surface area contributed by atoms with Gasteiger partial charge in [-0.25, -0.2) is 4.39 Å². The second-order valence-corrected chi connectivity index (χ2v) is 4.22. The minimum atomic E-state index is -0.349. The predicted molar refractivity (Wildman–Crippen MR) is 67.0 cm³/mol. The molecule has 0 saturated carbocycles. The molecule has 0 aliphatic heterocycles. The fourth-order valence-electron chi connectivity index (χ4n) is 1.65.